The van der Waals surface area contributed by atoms with Crippen molar-refractivity contribution in [1.82, 2.24) is 9.55 Å². The van der Waals surface area contributed by atoms with Crippen LogP contribution in [0.2, 0.25) is 0 Å². The highest BCUT2D eigenvalue weighted by molar-refractivity contribution is 5.95. The molecule has 6 nitrogen and oxygen atoms in total. The second-order valence-electron chi connectivity index (χ2n) is 6.05. The molecule has 0 bridgehead atoms. The van der Waals surface area contributed by atoms with Crippen LogP contribution in [0.15, 0.2) is 48.5 Å². The van der Waals surface area contributed by atoms with Crippen molar-refractivity contribution in [3.63, 3.8) is 0 Å². The highest BCUT2D eigenvalue weighted by Crippen LogP contribution is 2.18. The van der Waals surface area contributed by atoms with Gasteiger partial charge in [-0.3, -0.25) is 4.79 Å². The predicted molar refractivity (Wildman–Crippen MR) is 98.2 cm³/mol. The van der Waals surface area contributed by atoms with Gasteiger partial charge < -0.3 is 19.5 Å². The van der Waals surface area contributed by atoms with Gasteiger partial charge in [0.25, 0.3) is 0 Å². The number of ether oxygens (including phenoxy) is 1. The Labute approximate surface area is 151 Å². The van der Waals surface area contributed by atoms with E-state index in [2.05, 4.69) is 4.98 Å². The summed E-state index contributed by atoms with van der Waals surface area (Å²) in [7, 11) is 0. The maximum absolute atomic E-state index is 11.6. The zero-order chi connectivity index (χ0) is 18.5. The lowest BCUT2D eigenvalue weighted by atomic mass is 10.1. The maximum atomic E-state index is 11.6. The summed E-state index contributed by atoms with van der Waals surface area (Å²) in [6.07, 6.45) is -0.305. The van der Waals surface area contributed by atoms with Gasteiger partial charge in [-0.15, -0.1) is 0 Å². The minimum absolute atomic E-state index is 0.0834. The lowest BCUT2D eigenvalue weighted by Crippen LogP contribution is -2.24. The van der Waals surface area contributed by atoms with E-state index in [9.17, 15) is 15.0 Å². The van der Waals surface area contributed by atoms with E-state index in [1.54, 1.807) is 28.8 Å². The van der Waals surface area contributed by atoms with Gasteiger partial charge >= 0.3 is 0 Å². The highest BCUT2D eigenvalue weighted by atomic mass is 16.5. The standard InChI is InChI=1S/C20H22N2O4/c1-2-19(25)14-7-9-16(10-8-14)26-13-15(24)11-22-18-6-4-3-5-17(18)21-20(22)12-23/h3-10,15,23-24H,2,11-13H2,1H3. The Morgan fingerprint density at radius 3 is 2.62 bits per heavy atom. The van der Waals surface area contributed by atoms with Gasteiger partial charge in [0.15, 0.2) is 5.78 Å². The third-order valence-corrected chi connectivity index (χ3v) is 4.21. The van der Waals surface area contributed by atoms with E-state index in [0.29, 0.717) is 23.6 Å². The van der Waals surface area contributed by atoms with Crippen molar-refractivity contribution >= 4 is 16.8 Å². The van der Waals surface area contributed by atoms with Gasteiger partial charge in [0.1, 0.15) is 30.9 Å². The number of ketones is 1. The van der Waals surface area contributed by atoms with Crippen LogP contribution in [0.25, 0.3) is 11.0 Å². The first-order chi connectivity index (χ1) is 12.6. The van der Waals surface area contributed by atoms with E-state index in [0.717, 1.165) is 11.0 Å². The monoisotopic (exact) mass is 354 g/mol. The molecule has 2 N–H and O–H groups in total. The number of aliphatic hydroxyl groups excluding tert-OH is 2. The molecule has 26 heavy (non-hydrogen) atoms. The Kier molecular flexibility index (Phi) is 5.65. The average molecular weight is 354 g/mol. The first-order valence-electron chi connectivity index (χ1n) is 8.61. The molecule has 0 aliphatic carbocycles. The molecular weight excluding hydrogens is 332 g/mol. The first kappa shape index (κ1) is 18.1. The summed E-state index contributed by atoms with van der Waals surface area (Å²) < 4.78 is 7.41. The molecule has 0 saturated carbocycles. The van der Waals surface area contributed by atoms with Gasteiger partial charge in [0.2, 0.25) is 0 Å². The molecular formula is C20H22N2O4. The number of Topliss-reactive ketones (excluding diaryl/α,β-unsaturated/α-hetero) is 1. The van der Waals surface area contributed by atoms with Crippen LogP contribution in [-0.4, -0.2) is 38.3 Å². The summed E-state index contributed by atoms with van der Waals surface area (Å²) in [6.45, 7) is 1.99. The molecule has 0 aliphatic heterocycles. The number of rotatable bonds is 8. The van der Waals surface area contributed by atoms with Crippen molar-refractivity contribution in [3.8, 4) is 5.75 Å². The van der Waals surface area contributed by atoms with Crippen LogP contribution in [-0.2, 0) is 13.2 Å². The lowest BCUT2D eigenvalue weighted by Gasteiger charge is -2.15. The molecule has 0 amide bonds. The quantitative estimate of drug-likeness (QED) is 0.607. The summed E-state index contributed by atoms with van der Waals surface area (Å²) in [5.41, 5.74) is 2.29. The third kappa shape index (κ3) is 3.92. The van der Waals surface area contributed by atoms with Gasteiger partial charge in [-0.1, -0.05) is 19.1 Å². The number of aliphatic hydroxyl groups is 2. The summed E-state index contributed by atoms with van der Waals surface area (Å²) in [5, 5.41) is 19.8. The van der Waals surface area contributed by atoms with Gasteiger partial charge in [-0.25, -0.2) is 4.98 Å². The second-order valence-corrected chi connectivity index (χ2v) is 6.05. The van der Waals surface area contributed by atoms with Crippen LogP contribution in [0.4, 0.5) is 0 Å². The van der Waals surface area contributed by atoms with Crippen LogP contribution >= 0.6 is 0 Å². The number of para-hydroxylation sites is 2. The van der Waals surface area contributed by atoms with Gasteiger partial charge in [-0.05, 0) is 36.4 Å². The summed E-state index contributed by atoms with van der Waals surface area (Å²) >= 11 is 0. The summed E-state index contributed by atoms with van der Waals surface area (Å²) in [5.74, 6) is 1.18. The van der Waals surface area contributed by atoms with E-state index in [-0.39, 0.29) is 25.5 Å². The molecule has 0 aliphatic rings. The fraction of sp³-hybridized carbons (Fsp3) is 0.300. The SMILES string of the molecule is CCC(=O)c1ccc(OCC(O)Cn2c(CO)nc3ccccc32)cc1. The number of imidazole rings is 1. The average Bonchev–Trinajstić information content (AvgIpc) is 3.04. The molecule has 136 valence electrons. The van der Waals surface area contributed by atoms with E-state index < -0.39 is 6.10 Å². The molecule has 0 spiro atoms. The Morgan fingerprint density at radius 2 is 1.92 bits per heavy atom. The van der Waals surface area contributed by atoms with Crippen molar-refractivity contribution in [2.24, 2.45) is 0 Å². The number of hydrogen-bond donors (Lipinski definition) is 2. The van der Waals surface area contributed by atoms with E-state index >= 15 is 0 Å². The van der Waals surface area contributed by atoms with Crippen molar-refractivity contribution in [2.75, 3.05) is 6.61 Å². The largest absolute Gasteiger partial charge is 0.491 e. The molecule has 1 heterocycles. The van der Waals surface area contributed by atoms with Crippen molar-refractivity contribution < 1.29 is 19.7 Å². The number of aromatic nitrogens is 2. The molecule has 2 aromatic carbocycles. The number of carbonyl (C=O) groups excluding carboxylic acids is 1. The third-order valence-electron chi connectivity index (χ3n) is 4.21. The van der Waals surface area contributed by atoms with Crippen molar-refractivity contribution in [1.29, 1.82) is 0 Å². The minimum atomic E-state index is -0.769. The molecule has 3 aromatic rings. The number of fused-ring (bicyclic) bond motifs is 1. The number of hydrogen-bond acceptors (Lipinski definition) is 5. The van der Waals surface area contributed by atoms with E-state index in [1.807, 2.05) is 31.2 Å². The van der Waals surface area contributed by atoms with Crippen LogP contribution in [0.1, 0.15) is 29.5 Å². The fourth-order valence-corrected chi connectivity index (χ4v) is 2.85. The molecule has 6 heteroatoms. The Bertz CT molecular complexity index is 886. The zero-order valence-electron chi connectivity index (χ0n) is 14.6. The van der Waals surface area contributed by atoms with Crippen LogP contribution in [0, 0.1) is 0 Å². The fourth-order valence-electron chi connectivity index (χ4n) is 2.85. The van der Waals surface area contributed by atoms with Crippen molar-refractivity contribution in [3.05, 3.63) is 59.9 Å². The Balaban J connectivity index is 1.64. The molecule has 3 rings (SSSR count). The van der Waals surface area contributed by atoms with Crippen molar-refractivity contribution in [2.45, 2.75) is 32.6 Å². The molecule has 1 unspecified atom stereocenters. The first-order valence-corrected chi connectivity index (χ1v) is 8.61. The van der Waals surface area contributed by atoms with Gasteiger partial charge in [-0.2, -0.15) is 0 Å². The molecule has 1 aromatic heterocycles. The summed E-state index contributed by atoms with van der Waals surface area (Å²) in [4.78, 5) is 16.0. The lowest BCUT2D eigenvalue weighted by molar-refractivity contribution is 0.0913. The predicted octanol–water partition coefficient (Wildman–Crippen LogP) is 2.56. The highest BCUT2D eigenvalue weighted by Gasteiger charge is 2.14. The number of carbonyl (C=O) groups is 1. The zero-order valence-corrected chi connectivity index (χ0v) is 14.6. The smallest absolute Gasteiger partial charge is 0.162 e. The topological polar surface area (TPSA) is 84.6 Å². The van der Waals surface area contributed by atoms with Crippen LogP contribution in [0.5, 0.6) is 5.75 Å². The van der Waals surface area contributed by atoms with E-state index in [1.165, 1.54) is 0 Å². The van der Waals surface area contributed by atoms with E-state index in [4.69, 9.17) is 4.74 Å². The molecule has 0 radical (unpaired) electrons. The van der Waals surface area contributed by atoms with Gasteiger partial charge in [0.05, 0.1) is 17.6 Å². The van der Waals surface area contributed by atoms with Crippen LogP contribution < -0.4 is 4.74 Å². The molecule has 0 fully saturated rings. The normalized spacial score (nSPS) is 12.3. The minimum Gasteiger partial charge on any atom is -0.491 e. The van der Waals surface area contributed by atoms with Gasteiger partial charge in [0, 0.05) is 12.0 Å². The number of nitrogens with zero attached hydrogens (tertiary/aromatic N) is 2. The Hall–Kier alpha value is -2.70. The molecule has 0 saturated heterocycles. The summed E-state index contributed by atoms with van der Waals surface area (Å²) in [6, 6.07) is 14.4. The maximum Gasteiger partial charge on any atom is 0.162 e. The second kappa shape index (κ2) is 8.12. The van der Waals surface area contributed by atoms with Crippen LogP contribution in [0.3, 0.4) is 0 Å². The Morgan fingerprint density at radius 1 is 1.19 bits per heavy atom. The molecule has 1 atom stereocenters. The number of benzene rings is 2.